The molecule has 5 nitrogen and oxygen atoms in total. The lowest BCUT2D eigenvalue weighted by Crippen LogP contribution is -2.33. The zero-order valence-electron chi connectivity index (χ0n) is 18.3. The predicted octanol–water partition coefficient (Wildman–Crippen LogP) is 5.71. The van der Waals surface area contributed by atoms with E-state index in [1.165, 1.54) is 0 Å². The minimum Gasteiger partial charge on any atom is -0.460 e. The van der Waals surface area contributed by atoms with Gasteiger partial charge in [-0.05, 0) is 75.4 Å². The van der Waals surface area contributed by atoms with Gasteiger partial charge >= 0.3 is 5.97 Å². The molecule has 1 heterocycles. The van der Waals surface area contributed by atoms with Crippen molar-refractivity contribution in [1.29, 1.82) is 0 Å². The van der Waals surface area contributed by atoms with Crippen LogP contribution in [0.5, 0.6) is 0 Å². The summed E-state index contributed by atoms with van der Waals surface area (Å²) in [5, 5.41) is 4.12. The van der Waals surface area contributed by atoms with Crippen LogP contribution in [0.4, 0.5) is 0 Å². The third-order valence-electron chi connectivity index (χ3n) is 5.41. The molecular formula is C24H28Cl2N2O3. The second-order valence-corrected chi connectivity index (χ2v) is 9.84. The van der Waals surface area contributed by atoms with Crippen molar-refractivity contribution in [3.05, 3.63) is 62.9 Å². The van der Waals surface area contributed by atoms with Crippen LogP contribution >= 0.6 is 23.2 Å². The first kappa shape index (κ1) is 23.6. The minimum atomic E-state index is -0.526. The molecule has 0 spiro atoms. The molecule has 2 atom stereocenters. The zero-order chi connectivity index (χ0) is 22.8. The van der Waals surface area contributed by atoms with E-state index in [4.69, 9.17) is 27.9 Å². The standard InChI is InChI=1S/C24H28Cl2N2O3/c1-14-10-16(25)12-20(26)19(14)13-28-23(30)18-8-7-15(11-21(29)31-24(2,3)4)22-17(18)6-5-9-27-22/h5-6,9-10,12,15,18H,7-8,11,13H2,1-4H3,(H,28,30). The van der Waals surface area contributed by atoms with Crippen LogP contribution in [-0.2, 0) is 20.9 Å². The van der Waals surface area contributed by atoms with Gasteiger partial charge in [-0.1, -0.05) is 29.3 Å². The number of amides is 1. The van der Waals surface area contributed by atoms with Crippen LogP contribution in [0.15, 0.2) is 30.5 Å². The SMILES string of the molecule is Cc1cc(Cl)cc(Cl)c1CNC(=O)C1CCC(CC(=O)OC(C)(C)C)c2ncccc21. The summed E-state index contributed by atoms with van der Waals surface area (Å²) in [4.78, 5) is 29.9. The Bertz CT molecular complexity index is 962. The number of rotatable bonds is 5. The molecule has 166 valence electrons. The van der Waals surface area contributed by atoms with Crippen LogP contribution in [0, 0.1) is 6.92 Å². The highest BCUT2D eigenvalue weighted by atomic mass is 35.5. The van der Waals surface area contributed by atoms with Gasteiger partial charge in [-0.2, -0.15) is 0 Å². The van der Waals surface area contributed by atoms with Crippen LogP contribution in [-0.4, -0.2) is 22.5 Å². The number of fused-ring (bicyclic) bond motifs is 1. The van der Waals surface area contributed by atoms with Crippen LogP contribution < -0.4 is 5.32 Å². The normalized spacial score (nSPS) is 18.3. The maximum atomic E-state index is 13.0. The first-order chi connectivity index (χ1) is 14.5. The van der Waals surface area contributed by atoms with Crippen molar-refractivity contribution < 1.29 is 14.3 Å². The van der Waals surface area contributed by atoms with Crippen LogP contribution in [0.3, 0.4) is 0 Å². The molecular weight excluding hydrogens is 435 g/mol. The van der Waals surface area contributed by atoms with Gasteiger partial charge in [0.05, 0.1) is 12.3 Å². The fourth-order valence-corrected chi connectivity index (χ4v) is 4.70. The molecule has 31 heavy (non-hydrogen) atoms. The average molecular weight is 463 g/mol. The van der Waals surface area contributed by atoms with E-state index in [1.807, 2.05) is 45.9 Å². The van der Waals surface area contributed by atoms with Crippen molar-refractivity contribution in [2.24, 2.45) is 0 Å². The summed E-state index contributed by atoms with van der Waals surface area (Å²) in [6, 6.07) is 7.26. The fraction of sp³-hybridized carbons (Fsp3) is 0.458. The number of ether oxygens (including phenoxy) is 1. The van der Waals surface area contributed by atoms with E-state index in [0.29, 0.717) is 29.4 Å². The number of hydrogen-bond acceptors (Lipinski definition) is 4. The Kier molecular flexibility index (Phi) is 7.28. The number of hydrogen-bond donors (Lipinski definition) is 1. The summed E-state index contributed by atoms with van der Waals surface area (Å²) in [5.41, 5.74) is 2.94. The van der Waals surface area contributed by atoms with E-state index in [0.717, 1.165) is 22.4 Å². The summed E-state index contributed by atoms with van der Waals surface area (Å²) in [5.74, 6) is -0.687. The van der Waals surface area contributed by atoms with Gasteiger partial charge in [0.25, 0.3) is 0 Å². The van der Waals surface area contributed by atoms with Gasteiger partial charge in [-0.15, -0.1) is 0 Å². The molecule has 1 amide bonds. The molecule has 1 aromatic heterocycles. The highest BCUT2D eigenvalue weighted by molar-refractivity contribution is 6.35. The van der Waals surface area contributed by atoms with Crippen molar-refractivity contribution in [1.82, 2.24) is 10.3 Å². The number of benzene rings is 1. The number of nitrogens with zero attached hydrogens (tertiary/aromatic N) is 1. The molecule has 0 bridgehead atoms. The summed E-state index contributed by atoms with van der Waals surface area (Å²) in [6.45, 7) is 7.81. The Hall–Kier alpha value is -2.11. The topological polar surface area (TPSA) is 68.3 Å². The molecule has 0 saturated heterocycles. The van der Waals surface area contributed by atoms with Crippen LogP contribution in [0.25, 0.3) is 0 Å². The van der Waals surface area contributed by atoms with E-state index in [1.54, 1.807) is 12.3 Å². The number of aromatic nitrogens is 1. The maximum Gasteiger partial charge on any atom is 0.306 e. The Labute approximate surface area is 193 Å². The van der Waals surface area contributed by atoms with Gasteiger partial charge in [0.1, 0.15) is 5.60 Å². The van der Waals surface area contributed by atoms with E-state index in [9.17, 15) is 9.59 Å². The summed E-state index contributed by atoms with van der Waals surface area (Å²) in [7, 11) is 0. The number of carbonyl (C=O) groups excluding carboxylic acids is 2. The number of carbonyl (C=O) groups is 2. The van der Waals surface area contributed by atoms with Gasteiger partial charge in [0.15, 0.2) is 0 Å². The van der Waals surface area contributed by atoms with Gasteiger partial charge in [-0.25, -0.2) is 0 Å². The number of nitrogens with one attached hydrogen (secondary N) is 1. The Morgan fingerprint density at radius 1 is 1.23 bits per heavy atom. The summed E-state index contributed by atoms with van der Waals surface area (Å²) >= 11 is 12.3. The molecule has 3 rings (SSSR count). The van der Waals surface area contributed by atoms with Crippen molar-refractivity contribution in [3.63, 3.8) is 0 Å². The highest BCUT2D eigenvalue weighted by Crippen LogP contribution is 2.40. The maximum absolute atomic E-state index is 13.0. The minimum absolute atomic E-state index is 0.0527. The molecule has 1 aromatic carbocycles. The molecule has 2 aromatic rings. The smallest absolute Gasteiger partial charge is 0.306 e. The molecule has 0 fully saturated rings. The molecule has 0 saturated carbocycles. The monoisotopic (exact) mass is 462 g/mol. The van der Waals surface area contributed by atoms with E-state index in [-0.39, 0.29) is 30.1 Å². The lowest BCUT2D eigenvalue weighted by Gasteiger charge is -2.30. The largest absolute Gasteiger partial charge is 0.460 e. The highest BCUT2D eigenvalue weighted by Gasteiger charge is 2.34. The molecule has 1 aliphatic carbocycles. The van der Waals surface area contributed by atoms with Crippen molar-refractivity contribution >= 4 is 35.1 Å². The van der Waals surface area contributed by atoms with E-state index >= 15 is 0 Å². The van der Waals surface area contributed by atoms with Gasteiger partial charge in [0, 0.05) is 34.4 Å². The quantitative estimate of drug-likeness (QED) is 0.577. The first-order valence-electron chi connectivity index (χ1n) is 10.4. The lowest BCUT2D eigenvalue weighted by molar-refractivity contribution is -0.155. The lowest BCUT2D eigenvalue weighted by atomic mass is 9.77. The molecule has 7 heteroatoms. The van der Waals surface area contributed by atoms with Crippen LogP contribution in [0.1, 0.15) is 74.3 Å². The number of aryl methyl sites for hydroxylation is 1. The second kappa shape index (κ2) is 9.58. The van der Waals surface area contributed by atoms with Gasteiger partial charge < -0.3 is 10.1 Å². The van der Waals surface area contributed by atoms with Gasteiger partial charge in [0.2, 0.25) is 5.91 Å². The Balaban J connectivity index is 1.72. The Morgan fingerprint density at radius 2 is 1.97 bits per heavy atom. The average Bonchev–Trinajstić information content (AvgIpc) is 2.65. The predicted molar refractivity (Wildman–Crippen MR) is 122 cm³/mol. The number of esters is 1. The van der Waals surface area contributed by atoms with Crippen molar-refractivity contribution in [3.8, 4) is 0 Å². The molecule has 2 unspecified atom stereocenters. The van der Waals surface area contributed by atoms with Crippen molar-refractivity contribution in [2.45, 2.75) is 70.9 Å². The van der Waals surface area contributed by atoms with Gasteiger partial charge in [-0.3, -0.25) is 14.6 Å². The zero-order valence-corrected chi connectivity index (χ0v) is 19.8. The second-order valence-electron chi connectivity index (χ2n) is 9.00. The Morgan fingerprint density at radius 3 is 2.65 bits per heavy atom. The number of halogens is 2. The molecule has 1 aliphatic rings. The molecule has 1 N–H and O–H groups in total. The van der Waals surface area contributed by atoms with E-state index < -0.39 is 5.60 Å². The van der Waals surface area contributed by atoms with Crippen molar-refractivity contribution in [2.75, 3.05) is 0 Å². The van der Waals surface area contributed by atoms with Crippen LogP contribution in [0.2, 0.25) is 10.0 Å². The summed E-state index contributed by atoms with van der Waals surface area (Å²) in [6.07, 6.45) is 3.31. The third kappa shape index (κ3) is 5.98. The first-order valence-corrected chi connectivity index (χ1v) is 11.2. The van der Waals surface area contributed by atoms with E-state index in [2.05, 4.69) is 10.3 Å². The molecule has 0 radical (unpaired) electrons. The molecule has 0 aliphatic heterocycles. The third-order valence-corrected chi connectivity index (χ3v) is 5.96. The fourth-order valence-electron chi connectivity index (χ4n) is 4.04. The summed E-state index contributed by atoms with van der Waals surface area (Å²) < 4.78 is 5.48. The number of pyridine rings is 1.